The zero-order valence-electron chi connectivity index (χ0n) is 14.8. The zero-order valence-corrected chi connectivity index (χ0v) is 16.4. The average Bonchev–Trinajstić information content (AvgIpc) is 3.25. The van der Waals surface area contributed by atoms with E-state index in [-0.39, 0.29) is 5.56 Å². The Labute approximate surface area is 164 Å². The van der Waals surface area contributed by atoms with Crippen molar-refractivity contribution in [3.05, 3.63) is 50.1 Å². The fourth-order valence-electron chi connectivity index (χ4n) is 3.84. The van der Waals surface area contributed by atoms with Gasteiger partial charge < -0.3 is 5.32 Å². The van der Waals surface area contributed by atoms with Gasteiger partial charge in [-0.1, -0.05) is 11.6 Å². The first-order chi connectivity index (χ1) is 13.2. The van der Waals surface area contributed by atoms with Crippen molar-refractivity contribution in [2.45, 2.75) is 32.6 Å². The molecule has 0 amide bonds. The summed E-state index contributed by atoms with van der Waals surface area (Å²) in [5.74, 6) is 1.18. The van der Waals surface area contributed by atoms with Crippen LogP contribution in [-0.2, 0) is 12.8 Å². The normalized spacial score (nSPS) is 14.0. The zero-order chi connectivity index (χ0) is 18.5. The second kappa shape index (κ2) is 6.35. The van der Waals surface area contributed by atoms with Crippen LogP contribution in [0.2, 0.25) is 5.02 Å². The van der Waals surface area contributed by atoms with E-state index in [0.29, 0.717) is 16.7 Å². The number of nitrogens with zero attached hydrogens (tertiary/aromatic N) is 4. The maximum absolute atomic E-state index is 13.6. The molecule has 1 N–H and O–H groups in total. The highest BCUT2D eigenvalue weighted by atomic mass is 35.5. The van der Waals surface area contributed by atoms with Gasteiger partial charge >= 0.3 is 0 Å². The second-order valence-electron chi connectivity index (χ2n) is 6.70. The summed E-state index contributed by atoms with van der Waals surface area (Å²) in [7, 11) is 0. The number of anilines is 1. The molecule has 1 aliphatic carbocycles. The number of aryl methyl sites for hydroxylation is 2. The lowest BCUT2D eigenvalue weighted by Gasteiger charge is -2.12. The Kier molecular flexibility index (Phi) is 3.94. The molecule has 6 nitrogen and oxygen atoms in total. The molecule has 1 aliphatic rings. The number of nitrogens with one attached hydrogen (secondary N) is 1. The van der Waals surface area contributed by atoms with Crippen molar-refractivity contribution in [2.24, 2.45) is 0 Å². The summed E-state index contributed by atoms with van der Waals surface area (Å²) in [5, 5.41) is 13.4. The predicted molar refractivity (Wildman–Crippen MR) is 110 cm³/mol. The van der Waals surface area contributed by atoms with Crippen molar-refractivity contribution in [1.82, 2.24) is 19.2 Å². The molecule has 8 heteroatoms. The van der Waals surface area contributed by atoms with Gasteiger partial charge in [0.2, 0.25) is 11.7 Å². The number of thiophene rings is 1. The molecule has 0 unspecified atom stereocenters. The minimum atomic E-state index is -0.0327. The van der Waals surface area contributed by atoms with Crippen LogP contribution in [0, 0.1) is 0 Å². The highest BCUT2D eigenvalue weighted by Crippen LogP contribution is 2.36. The summed E-state index contributed by atoms with van der Waals surface area (Å²) in [6, 6.07) is 7.26. The first kappa shape index (κ1) is 16.8. The second-order valence-corrected chi connectivity index (χ2v) is 8.22. The molecule has 0 saturated carbocycles. The third-order valence-corrected chi connectivity index (χ3v) is 6.57. The molecule has 5 rings (SSSR count). The van der Waals surface area contributed by atoms with Crippen molar-refractivity contribution in [3.8, 4) is 5.69 Å². The molecule has 0 aliphatic heterocycles. The third-order valence-electron chi connectivity index (χ3n) is 5.04. The summed E-state index contributed by atoms with van der Waals surface area (Å²) in [5.41, 5.74) is 1.91. The molecule has 0 radical (unpaired) electrons. The van der Waals surface area contributed by atoms with E-state index in [0.717, 1.165) is 41.7 Å². The van der Waals surface area contributed by atoms with Crippen molar-refractivity contribution >= 4 is 44.9 Å². The number of hydrogen-bond acceptors (Lipinski definition) is 5. The Hall–Kier alpha value is -2.38. The Bertz CT molecular complexity index is 1220. The largest absolute Gasteiger partial charge is 0.354 e. The minimum absolute atomic E-state index is 0.0327. The van der Waals surface area contributed by atoms with E-state index in [1.165, 1.54) is 16.9 Å². The van der Waals surface area contributed by atoms with Gasteiger partial charge in [0.05, 0.1) is 11.1 Å². The number of aromatic nitrogens is 4. The molecule has 0 fully saturated rings. The van der Waals surface area contributed by atoms with E-state index in [2.05, 4.69) is 15.5 Å². The lowest BCUT2D eigenvalue weighted by atomic mass is 9.97. The van der Waals surface area contributed by atoms with Gasteiger partial charge in [-0.15, -0.1) is 21.5 Å². The first-order valence-corrected chi connectivity index (χ1v) is 10.3. The molecule has 3 aromatic heterocycles. The van der Waals surface area contributed by atoms with Crippen LogP contribution in [0.1, 0.15) is 30.2 Å². The van der Waals surface area contributed by atoms with E-state index < -0.39 is 0 Å². The number of rotatable bonds is 3. The average molecular weight is 400 g/mol. The van der Waals surface area contributed by atoms with E-state index in [1.54, 1.807) is 28.0 Å². The lowest BCUT2D eigenvalue weighted by molar-refractivity contribution is 0.699. The van der Waals surface area contributed by atoms with Crippen LogP contribution in [0.3, 0.4) is 0 Å². The summed E-state index contributed by atoms with van der Waals surface area (Å²) in [4.78, 5) is 15.8. The van der Waals surface area contributed by atoms with Crippen LogP contribution in [0.25, 0.3) is 21.7 Å². The molecule has 4 aromatic rings. The molecule has 0 atom stereocenters. The number of hydrogen-bond donors (Lipinski definition) is 1. The maximum atomic E-state index is 13.6. The highest BCUT2D eigenvalue weighted by molar-refractivity contribution is 7.19. The van der Waals surface area contributed by atoms with E-state index in [1.807, 2.05) is 23.5 Å². The third kappa shape index (κ3) is 2.49. The van der Waals surface area contributed by atoms with Crippen molar-refractivity contribution in [2.75, 3.05) is 11.9 Å². The van der Waals surface area contributed by atoms with Crippen LogP contribution in [0.5, 0.6) is 0 Å². The quantitative estimate of drug-likeness (QED) is 0.564. The highest BCUT2D eigenvalue weighted by Gasteiger charge is 2.25. The van der Waals surface area contributed by atoms with E-state index >= 15 is 0 Å². The fraction of sp³-hybridized carbons (Fsp3) is 0.316. The van der Waals surface area contributed by atoms with Gasteiger partial charge in [-0.3, -0.25) is 4.79 Å². The SMILES string of the molecule is CCNc1nnc2n(-c3ccc(Cl)cc3)c(=O)c3c4c(sc3n12)CCCC4. The molecule has 0 saturated heterocycles. The van der Waals surface area contributed by atoms with Gasteiger partial charge in [-0.25, -0.2) is 8.97 Å². The summed E-state index contributed by atoms with van der Waals surface area (Å²) in [6.45, 7) is 2.75. The van der Waals surface area contributed by atoms with Gasteiger partial charge in [-0.05, 0) is 62.4 Å². The summed E-state index contributed by atoms with van der Waals surface area (Å²) in [6.07, 6.45) is 4.29. The Morgan fingerprint density at radius 3 is 2.74 bits per heavy atom. The summed E-state index contributed by atoms with van der Waals surface area (Å²) >= 11 is 7.75. The number of benzene rings is 1. The fourth-order valence-corrected chi connectivity index (χ4v) is 5.34. The molecular formula is C19H18ClN5OS. The van der Waals surface area contributed by atoms with E-state index in [9.17, 15) is 4.79 Å². The Morgan fingerprint density at radius 2 is 1.96 bits per heavy atom. The van der Waals surface area contributed by atoms with Gasteiger partial charge in [0, 0.05) is 16.4 Å². The van der Waals surface area contributed by atoms with Gasteiger partial charge in [0.15, 0.2) is 0 Å². The van der Waals surface area contributed by atoms with Crippen molar-refractivity contribution in [1.29, 1.82) is 0 Å². The smallest absolute Gasteiger partial charge is 0.268 e. The lowest BCUT2D eigenvalue weighted by Crippen LogP contribution is -2.22. The minimum Gasteiger partial charge on any atom is -0.354 e. The molecule has 1 aromatic carbocycles. The van der Waals surface area contributed by atoms with Crippen LogP contribution in [0.15, 0.2) is 29.1 Å². The molecule has 138 valence electrons. The molecule has 3 heterocycles. The van der Waals surface area contributed by atoms with Gasteiger partial charge in [0.25, 0.3) is 5.56 Å². The first-order valence-electron chi connectivity index (χ1n) is 9.13. The number of halogens is 1. The molecule has 0 bridgehead atoms. The standard InChI is InChI=1S/C19H18ClN5OS/c1-2-21-18-22-23-19-24(12-9-7-11(20)8-10-12)16(26)15-13-5-3-4-6-14(13)27-17(15)25(18)19/h7-10H,2-6H2,1H3,(H,21,22). The van der Waals surface area contributed by atoms with Crippen LogP contribution in [-0.4, -0.2) is 25.7 Å². The van der Waals surface area contributed by atoms with Crippen LogP contribution in [0.4, 0.5) is 5.95 Å². The van der Waals surface area contributed by atoms with Gasteiger partial charge in [0.1, 0.15) is 4.83 Å². The van der Waals surface area contributed by atoms with E-state index in [4.69, 9.17) is 11.6 Å². The van der Waals surface area contributed by atoms with Crippen LogP contribution < -0.4 is 10.9 Å². The maximum Gasteiger partial charge on any atom is 0.268 e. The molecule has 27 heavy (non-hydrogen) atoms. The monoisotopic (exact) mass is 399 g/mol. The summed E-state index contributed by atoms with van der Waals surface area (Å²) < 4.78 is 3.63. The topological polar surface area (TPSA) is 64.2 Å². The number of fused-ring (bicyclic) bond motifs is 5. The van der Waals surface area contributed by atoms with Crippen molar-refractivity contribution in [3.63, 3.8) is 0 Å². The Morgan fingerprint density at radius 1 is 1.19 bits per heavy atom. The molecular weight excluding hydrogens is 382 g/mol. The predicted octanol–water partition coefficient (Wildman–Crippen LogP) is 4.06. The van der Waals surface area contributed by atoms with Crippen molar-refractivity contribution < 1.29 is 0 Å². The molecule has 0 spiro atoms. The van der Waals surface area contributed by atoms with Crippen LogP contribution >= 0.6 is 22.9 Å². The van der Waals surface area contributed by atoms with Gasteiger partial charge in [-0.2, -0.15) is 0 Å². The Balaban J connectivity index is 1.95.